The van der Waals surface area contributed by atoms with Gasteiger partial charge in [-0.15, -0.1) is 0 Å². The first-order valence-electron chi connectivity index (χ1n) is 6.33. The van der Waals surface area contributed by atoms with E-state index in [0.717, 1.165) is 12.8 Å². The highest BCUT2D eigenvalue weighted by Crippen LogP contribution is 2.22. The molecule has 0 radical (unpaired) electrons. The van der Waals surface area contributed by atoms with Crippen molar-refractivity contribution in [1.82, 2.24) is 5.32 Å². The molecule has 0 atom stereocenters. The van der Waals surface area contributed by atoms with E-state index in [2.05, 4.69) is 29.6 Å². The number of fused-ring (bicyclic) bond motifs is 1. The highest BCUT2D eigenvalue weighted by atomic mass is 16.4. The number of furan rings is 1. The first kappa shape index (κ1) is 12.0. The molecule has 19 heavy (non-hydrogen) atoms. The molecule has 1 heterocycles. The molecular weight excluding hydrogens is 242 g/mol. The highest BCUT2D eigenvalue weighted by molar-refractivity contribution is 5.87. The van der Waals surface area contributed by atoms with Crippen molar-refractivity contribution in [2.45, 2.75) is 25.4 Å². The lowest BCUT2D eigenvalue weighted by Gasteiger charge is -2.09. The van der Waals surface area contributed by atoms with Crippen LogP contribution in [0, 0.1) is 0 Å². The first-order chi connectivity index (χ1) is 9.22. The standard InChI is InChI=1S/C15H15NO3/c17-15(18)12-7-14(19-9-12)8-16-13-5-10-3-1-2-4-11(10)6-13/h1-4,7,9,13,16H,5-6,8H2,(H,17,18). The van der Waals surface area contributed by atoms with Gasteiger partial charge in [0, 0.05) is 6.04 Å². The summed E-state index contributed by atoms with van der Waals surface area (Å²) in [6.45, 7) is 0.561. The maximum Gasteiger partial charge on any atom is 0.338 e. The number of rotatable bonds is 4. The average Bonchev–Trinajstić information content (AvgIpc) is 3.02. The Morgan fingerprint density at radius 3 is 2.58 bits per heavy atom. The minimum atomic E-state index is -0.955. The maximum absolute atomic E-state index is 10.7. The molecule has 2 aromatic rings. The van der Waals surface area contributed by atoms with Crippen molar-refractivity contribution >= 4 is 5.97 Å². The Hall–Kier alpha value is -2.07. The summed E-state index contributed by atoms with van der Waals surface area (Å²) in [4.78, 5) is 10.7. The third kappa shape index (κ3) is 2.53. The van der Waals surface area contributed by atoms with Crippen LogP contribution in [0.25, 0.3) is 0 Å². The average molecular weight is 257 g/mol. The summed E-state index contributed by atoms with van der Waals surface area (Å²) in [5, 5.41) is 12.2. The topological polar surface area (TPSA) is 62.5 Å². The smallest absolute Gasteiger partial charge is 0.338 e. The Kier molecular flexibility index (Phi) is 3.09. The Morgan fingerprint density at radius 1 is 1.32 bits per heavy atom. The van der Waals surface area contributed by atoms with Crippen molar-refractivity contribution in [3.8, 4) is 0 Å². The molecule has 1 aliphatic carbocycles. The van der Waals surface area contributed by atoms with Crippen LogP contribution in [0.1, 0.15) is 27.2 Å². The van der Waals surface area contributed by atoms with Crippen LogP contribution in [0.3, 0.4) is 0 Å². The zero-order valence-corrected chi connectivity index (χ0v) is 10.4. The van der Waals surface area contributed by atoms with Crippen molar-refractivity contribution in [2.75, 3.05) is 0 Å². The van der Waals surface area contributed by atoms with Crippen LogP contribution in [0.4, 0.5) is 0 Å². The summed E-state index contributed by atoms with van der Waals surface area (Å²) in [6, 6.07) is 10.4. The molecule has 0 saturated carbocycles. The van der Waals surface area contributed by atoms with Crippen molar-refractivity contribution in [2.24, 2.45) is 0 Å². The minimum Gasteiger partial charge on any atom is -0.478 e. The van der Waals surface area contributed by atoms with Crippen LogP contribution < -0.4 is 5.32 Å². The zero-order valence-electron chi connectivity index (χ0n) is 10.4. The van der Waals surface area contributed by atoms with E-state index in [4.69, 9.17) is 9.52 Å². The summed E-state index contributed by atoms with van der Waals surface area (Å²) >= 11 is 0. The third-order valence-corrected chi connectivity index (χ3v) is 3.52. The van der Waals surface area contributed by atoms with E-state index in [1.165, 1.54) is 17.4 Å². The predicted molar refractivity (Wildman–Crippen MR) is 70.1 cm³/mol. The zero-order chi connectivity index (χ0) is 13.2. The Labute approximate surface area is 111 Å². The predicted octanol–water partition coefficient (Wildman–Crippen LogP) is 2.23. The van der Waals surface area contributed by atoms with Crippen LogP contribution in [0.15, 0.2) is 41.0 Å². The number of carboxylic acid groups (broad SMARTS) is 1. The van der Waals surface area contributed by atoms with Gasteiger partial charge < -0.3 is 14.8 Å². The van der Waals surface area contributed by atoms with Crippen molar-refractivity contribution in [3.63, 3.8) is 0 Å². The van der Waals surface area contributed by atoms with Gasteiger partial charge in [0.15, 0.2) is 0 Å². The van der Waals surface area contributed by atoms with Crippen LogP contribution in [0.2, 0.25) is 0 Å². The van der Waals surface area contributed by atoms with Crippen LogP contribution in [0.5, 0.6) is 0 Å². The molecule has 1 aliphatic rings. The van der Waals surface area contributed by atoms with Crippen LogP contribution in [-0.2, 0) is 19.4 Å². The summed E-state index contributed by atoms with van der Waals surface area (Å²) in [5.41, 5.74) is 2.99. The molecule has 98 valence electrons. The summed E-state index contributed by atoms with van der Waals surface area (Å²) in [7, 11) is 0. The molecule has 0 saturated heterocycles. The van der Waals surface area contributed by atoms with Gasteiger partial charge in [0.05, 0.1) is 12.1 Å². The SMILES string of the molecule is O=C(O)c1coc(CNC2Cc3ccccc3C2)c1. The van der Waals surface area contributed by atoms with Crippen LogP contribution in [-0.4, -0.2) is 17.1 Å². The molecule has 1 aromatic carbocycles. The Balaban J connectivity index is 1.58. The summed E-state index contributed by atoms with van der Waals surface area (Å²) in [5.74, 6) is -0.295. The van der Waals surface area contributed by atoms with Gasteiger partial charge in [0.25, 0.3) is 0 Å². The number of carbonyl (C=O) groups is 1. The quantitative estimate of drug-likeness (QED) is 0.881. The second-order valence-corrected chi connectivity index (χ2v) is 4.86. The van der Waals surface area contributed by atoms with Gasteiger partial charge in [0.1, 0.15) is 12.0 Å². The number of aromatic carboxylic acids is 1. The highest BCUT2D eigenvalue weighted by Gasteiger charge is 2.20. The van der Waals surface area contributed by atoms with E-state index in [0.29, 0.717) is 18.3 Å². The lowest BCUT2D eigenvalue weighted by atomic mass is 10.1. The fourth-order valence-electron chi connectivity index (χ4n) is 2.53. The van der Waals surface area contributed by atoms with Gasteiger partial charge in [-0.2, -0.15) is 0 Å². The van der Waals surface area contributed by atoms with Crippen molar-refractivity contribution < 1.29 is 14.3 Å². The van der Waals surface area contributed by atoms with Crippen molar-refractivity contribution in [3.05, 3.63) is 59.0 Å². The molecule has 4 nitrogen and oxygen atoms in total. The fourth-order valence-corrected chi connectivity index (χ4v) is 2.53. The molecule has 0 fully saturated rings. The Bertz CT molecular complexity index is 578. The molecule has 0 amide bonds. The number of hydrogen-bond acceptors (Lipinski definition) is 3. The first-order valence-corrected chi connectivity index (χ1v) is 6.33. The molecule has 0 bridgehead atoms. The number of carboxylic acids is 1. The third-order valence-electron chi connectivity index (χ3n) is 3.52. The molecular formula is C15H15NO3. The molecule has 3 rings (SSSR count). The second-order valence-electron chi connectivity index (χ2n) is 4.86. The number of hydrogen-bond donors (Lipinski definition) is 2. The van der Waals surface area contributed by atoms with E-state index in [9.17, 15) is 4.79 Å². The van der Waals surface area contributed by atoms with Gasteiger partial charge in [-0.25, -0.2) is 4.79 Å². The molecule has 0 spiro atoms. The molecule has 4 heteroatoms. The van der Waals surface area contributed by atoms with E-state index in [-0.39, 0.29) is 5.56 Å². The lowest BCUT2D eigenvalue weighted by Crippen LogP contribution is -2.28. The van der Waals surface area contributed by atoms with Gasteiger partial charge in [0.2, 0.25) is 0 Å². The lowest BCUT2D eigenvalue weighted by molar-refractivity contribution is 0.0696. The van der Waals surface area contributed by atoms with Gasteiger partial charge in [-0.05, 0) is 30.0 Å². The minimum absolute atomic E-state index is 0.200. The largest absolute Gasteiger partial charge is 0.478 e. The van der Waals surface area contributed by atoms with E-state index >= 15 is 0 Å². The van der Waals surface area contributed by atoms with Crippen LogP contribution >= 0.6 is 0 Å². The van der Waals surface area contributed by atoms with E-state index < -0.39 is 5.97 Å². The summed E-state index contributed by atoms with van der Waals surface area (Å²) < 4.78 is 5.22. The summed E-state index contributed by atoms with van der Waals surface area (Å²) in [6.07, 6.45) is 3.31. The molecule has 0 aliphatic heterocycles. The normalized spacial score (nSPS) is 14.5. The molecule has 0 unspecified atom stereocenters. The van der Waals surface area contributed by atoms with E-state index in [1.807, 2.05) is 0 Å². The molecule has 2 N–H and O–H groups in total. The maximum atomic E-state index is 10.7. The molecule has 1 aromatic heterocycles. The van der Waals surface area contributed by atoms with Gasteiger partial charge >= 0.3 is 5.97 Å². The monoisotopic (exact) mass is 257 g/mol. The van der Waals surface area contributed by atoms with Crippen molar-refractivity contribution in [1.29, 1.82) is 0 Å². The second kappa shape index (κ2) is 4.90. The number of benzene rings is 1. The van der Waals surface area contributed by atoms with E-state index in [1.54, 1.807) is 6.07 Å². The van der Waals surface area contributed by atoms with Gasteiger partial charge in [-0.3, -0.25) is 0 Å². The number of nitrogens with one attached hydrogen (secondary N) is 1. The Morgan fingerprint density at radius 2 is 2.00 bits per heavy atom. The fraction of sp³-hybridized carbons (Fsp3) is 0.267. The van der Waals surface area contributed by atoms with Gasteiger partial charge in [-0.1, -0.05) is 24.3 Å².